The molecule has 0 atom stereocenters. The summed E-state index contributed by atoms with van der Waals surface area (Å²) in [6.07, 6.45) is 0. The van der Waals surface area contributed by atoms with Crippen LogP contribution in [-0.2, 0) is 6.54 Å². The van der Waals surface area contributed by atoms with Crippen molar-refractivity contribution in [3.8, 4) is 5.75 Å². The van der Waals surface area contributed by atoms with Crippen LogP contribution in [0.2, 0.25) is 5.02 Å². The second-order valence-corrected chi connectivity index (χ2v) is 6.77. The summed E-state index contributed by atoms with van der Waals surface area (Å²) in [4.78, 5) is 13.1. The van der Waals surface area contributed by atoms with Gasteiger partial charge in [-0.2, -0.15) is 0 Å². The molecule has 0 spiro atoms. The molecule has 3 nitrogen and oxygen atoms in total. The lowest BCUT2D eigenvalue weighted by atomic mass is 10.1. The lowest BCUT2D eigenvalue weighted by Crippen LogP contribution is -2.22. The van der Waals surface area contributed by atoms with E-state index in [0.29, 0.717) is 22.2 Å². The predicted molar refractivity (Wildman–Crippen MR) is 95.7 cm³/mol. The third-order valence-electron chi connectivity index (χ3n) is 3.55. The van der Waals surface area contributed by atoms with Crippen LogP contribution in [0.25, 0.3) is 10.1 Å². The summed E-state index contributed by atoms with van der Waals surface area (Å²) in [6, 6.07) is 13.6. The van der Waals surface area contributed by atoms with E-state index < -0.39 is 0 Å². The topological polar surface area (TPSA) is 38.3 Å². The first-order valence-corrected chi connectivity index (χ1v) is 8.37. The molecule has 1 heterocycles. The first kappa shape index (κ1) is 15.8. The number of methoxy groups -OCH3 is 1. The molecule has 1 aromatic heterocycles. The van der Waals surface area contributed by atoms with E-state index in [9.17, 15) is 4.79 Å². The molecule has 0 aliphatic carbocycles. The van der Waals surface area contributed by atoms with Gasteiger partial charge in [0.05, 0.1) is 7.11 Å². The Bertz CT molecular complexity index is 873. The minimum absolute atomic E-state index is 0.138. The number of rotatable bonds is 4. The zero-order chi connectivity index (χ0) is 16.4. The van der Waals surface area contributed by atoms with Crippen LogP contribution in [0, 0.1) is 6.92 Å². The van der Waals surface area contributed by atoms with Crippen LogP contribution in [-0.4, -0.2) is 13.0 Å². The Balaban J connectivity index is 1.86. The zero-order valence-electron chi connectivity index (χ0n) is 12.9. The average molecular weight is 346 g/mol. The quantitative estimate of drug-likeness (QED) is 0.737. The number of amides is 1. The van der Waals surface area contributed by atoms with E-state index >= 15 is 0 Å². The summed E-state index contributed by atoms with van der Waals surface area (Å²) in [7, 11) is 1.57. The highest BCUT2D eigenvalue weighted by atomic mass is 35.5. The molecule has 0 radical (unpaired) electrons. The van der Waals surface area contributed by atoms with Crippen LogP contribution in [0.15, 0.2) is 42.5 Å². The molecule has 0 fully saturated rings. The first-order valence-electron chi connectivity index (χ1n) is 7.18. The Labute approximate surface area is 143 Å². The third kappa shape index (κ3) is 3.33. The van der Waals surface area contributed by atoms with Crippen molar-refractivity contribution in [2.45, 2.75) is 13.5 Å². The molecule has 0 aliphatic rings. The van der Waals surface area contributed by atoms with Crippen LogP contribution >= 0.6 is 22.9 Å². The monoisotopic (exact) mass is 345 g/mol. The number of hydrogen-bond donors (Lipinski definition) is 1. The number of benzene rings is 2. The van der Waals surface area contributed by atoms with Crippen molar-refractivity contribution < 1.29 is 9.53 Å². The smallest absolute Gasteiger partial charge is 0.265 e. The number of ether oxygens (including phenoxy) is 1. The van der Waals surface area contributed by atoms with Gasteiger partial charge in [0, 0.05) is 21.7 Å². The third-order valence-corrected chi connectivity index (χ3v) is 4.94. The van der Waals surface area contributed by atoms with E-state index in [1.165, 1.54) is 16.9 Å². The van der Waals surface area contributed by atoms with Crippen LogP contribution in [0.4, 0.5) is 0 Å². The number of carbonyl (C=O) groups is 1. The molecule has 3 aromatic rings. The van der Waals surface area contributed by atoms with Crippen molar-refractivity contribution in [2.75, 3.05) is 7.11 Å². The molecule has 118 valence electrons. The number of carbonyl (C=O) groups excluding carboxylic acids is 1. The lowest BCUT2D eigenvalue weighted by molar-refractivity contribution is 0.0952. The summed E-state index contributed by atoms with van der Waals surface area (Å²) >= 11 is 7.45. The second kappa shape index (κ2) is 6.60. The minimum Gasteiger partial charge on any atom is -0.494 e. The highest BCUT2D eigenvalue weighted by Crippen LogP contribution is 2.38. The van der Waals surface area contributed by atoms with Gasteiger partial charge < -0.3 is 10.1 Å². The van der Waals surface area contributed by atoms with E-state index in [1.54, 1.807) is 7.11 Å². The van der Waals surface area contributed by atoms with Crippen LogP contribution in [0.5, 0.6) is 5.75 Å². The SMILES string of the molecule is COc1c(C(=O)NCc2cccc(C)c2)sc2ccc(Cl)cc12. The van der Waals surface area contributed by atoms with E-state index in [1.807, 2.05) is 43.3 Å². The molecule has 0 unspecified atom stereocenters. The second-order valence-electron chi connectivity index (χ2n) is 5.28. The van der Waals surface area contributed by atoms with Gasteiger partial charge in [-0.15, -0.1) is 11.3 Å². The molecule has 5 heteroatoms. The molecule has 23 heavy (non-hydrogen) atoms. The van der Waals surface area contributed by atoms with Gasteiger partial charge in [0.25, 0.3) is 5.91 Å². The fourth-order valence-corrected chi connectivity index (χ4v) is 3.72. The van der Waals surface area contributed by atoms with Crippen LogP contribution < -0.4 is 10.1 Å². The van der Waals surface area contributed by atoms with Gasteiger partial charge in [-0.05, 0) is 30.7 Å². The Morgan fingerprint density at radius 3 is 2.83 bits per heavy atom. The van der Waals surface area contributed by atoms with Crippen molar-refractivity contribution >= 4 is 38.9 Å². The van der Waals surface area contributed by atoms with Gasteiger partial charge in [0.2, 0.25) is 0 Å². The summed E-state index contributed by atoms with van der Waals surface area (Å²) in [6.45, 7) is 2.52. The fourth-order valence-electron chi connectivity index (χ4n) is 2.48. The molecule has 0 saturated heterocycles. The molecule has 1 amide bonds. The highest BCUT2D eigenvalue weighted by Gasteiger charge is 2.19. The Morgan fingerprint density at radius 1 is 1.26 bits per heavy atom. The largest absolute Gasteiger partial charge is 0.494 e. The number of halogens is 1. The molecular weight excluding hydrogens is 330 g/mol. The van der Waals surface area contributed by atoms with Gasteiger partial charge >= 0.3 is 0 Å². The maximum atomic E-state index is 12.5. The number of nitrogens with one attached hydrogen (secondary N) is 1. The van der Waals surface area contributed by atoms with E-state index in [0.717, 1.165) is 15.6 Å². The standard InChI is InChI=1S/C18H16ClNO2S/c1-11-4-3-5-12(8-11)10-20-18(21)17-16(22-2)14-9-13(19)6-7-15(14)23-17/h3-9H,10H2,1-2H3,(H,20,21). The molecule has 1 N–H and O–H groups in total. The first-order chi connectivity index (χ1) is 11.1. The summed E-state index contributed by atoms with van der Waals surface area (Å²) in [5, 5.41) is 4.44. The van der Waals surface area contributed by atoms with E-state index in [-0.39, 0.29) is 5.91 Å². The summed E-state index contributed by atoms with van der Waals surface area (Å²) in [5.41, 5.74) is 2.24. The Kier molecular flexibility index (Phi) is 4.55. The Hall–Kier alpha value is -2.04. The van der Waals surface area contributed by atoms with Gasteiger partial charge in [-0.1, -0.05) is 41.4 Å². The molecule has 0 saturated carbocycles. The van der Waals surface area contributed by atoms with E-state index in [2.05, 4.69) is 11.4 Å². The highest BCUT2D eigenvalue weighted by molar-refractivity contribution is 7.21. The predicted octanol–water partition coefficient (Wildman–Crippen LogP) is 4.80. The van der Waals surface area contributed by atoms with E-state index in [4.69, 9.17) is 16.3 Å². The summed E-state index contributed by atoms with van der Waals surface area (Å²) in [5.74, 6) is 0.440. The van der Waals surface area contributed by atoms with Gasteiger partial charge in [-0.25, -0.2) is 0 Å². The molecule has 3 rings (SSSR count). The van der Waals surface area contributed by atoms with Crippen LogP contribution in [0.3, 0.4) is 0 Å². The Morgan fingerprint density at radius 2 is 2.09 bits per heavy atom. The van der Waals surface area contributed by atoms with Crippen molar-refractivity contribution in [1.29, 1.82) is 0 Å². The molecule has 0 bridgehead atoms. The fraction of sp³-hybridized carbons (Fsp3) is 0.167. The number of aryl methyl sites for hydroxylation is 1. The van der Waals surface area contributed by atoms with Crippen molar-refractivity contribution in [1.82, 2.24) is 5.32 Å². The van der Waals surface area contributed by atoms with Crippen LogP contribution in [0.1, 0.15) is 20.8 Å². The molecule has 0 aliphatic heterocycles. The van der Waals surface area contributed by atoms with Gasteiger partial charge in [0.15, 0.2) is 0 Å². The maximum Gasteiger partial charge on any atom is 0.265 e. The number of thiophene rings is 1. The van der Waals surface area contributed by atoms with Gasteiger partial charge in [0.1, 0.15) is 10.6 Å². The number of hydrogen-bond acceptors (Lipinski definition) is 3. The van der Waals surface area contributed by atoms with Gasteiger partial charge in [-0.3, -0.25) is 4.79 Å². The van der Waals surface area contributed by atoms with Crippen molar-refractivity contribution in [3.05, 3.63) is 63.5 Å². The maximum absolute atomic E-state index is 12.5. The zero-order valence-corrected chi connectivity index (χ0v) is 14.4. The number of fused-ring (bicyclic) bond motifs is 1. The normalized spacial score (nSPS) is 10.7. The lowest BCUT2D eigenvalue weighted by Gasteiger charge is -2.06. The van der Waals surface area contributed by atoms with Crippen molar-refractivity contribution in [2.24, 2.45) is 0 Å². The molecular formula is C18H16ClNO2S. The molecule has 2 aromatic carbocycles. The average Bonchev–Trinajstić information content (AvgIpc) is 2.90. The van der Waals surface area contributed by atoms with Crippen molar-refractivity contribution in [3.63, 3.8) is 0 Å². The summed E-state index contributed by atoms with van der Waals surface area (Å²) < 4.78 is 6.42. The minimum atomic E-state index is -0.138.